The number of rotatable bonds is 5. The van der Waals surface area contributed by atoms with Crippen LogP contribution in [0.2, 0.25) is 0 Å². The Morgan fingerprint density at radius 3 is 2.06 bits per heavy atom. The minimum Gasteiger partial charge on any atom is -0.497 e. The first-order valence-electron chi connectivity index (χ1n) is 11.4. The molecule has 4 aromatic rings. The van der Waals surface area contributed by atoms with Crippen LogP contribution < -0.4 is 10.4 Å². The molecule has 2 heterocycles. The molecule has 1 aliphatic heterocycles. The van der Waals surface area contributed by atoms with E-state index in [-0.39, 0.29) is 17.7 Å². The number of benzene rings is 3. The number of nitrogens with zero attached hydrogens (tertiary/aromatic N) is 2. The molecular formula is C28H26N2O4. The summed E-state index contributed by atoms with van der Waals surface area (Å²) in [5, 5.41) is 1.06. The zero-order valence-electron chi connectivity index (χ0n) is 19.0. The van der Waals surface area contributed by atoms with Crippen LogP contribution in [0.15, 0.2) is 94.1 Å². The fourth-order valence-electron chi connectivity index (χ4n) is 4.63. The van der Waals surface area contributed by atoms with E-state index >= 15 is 0 Å². The van der Waals surface area contributed by atoms with Crippen molar-refractivity contribution in [1.82, 2.24) is 9.80 Å². The van der Waals surface area contributed by atoms with E-state index < -0.39 is 5.63 Å². The third-order valence-electron chi connectivity index (χ3n) is 6.38. The topological polar surface area (TPSA) is 63.0 Å². The van der Waals surface area contributed by atoms with E-state index in [0.29, 0.717) is 42.7 Å². The number of hydrogen-bond acceptors (Lipinski definition) is 5. The molecule has 6 nitrogen and oxygen atoms in total. The number of piperazine rings is 1. The van der Waals surface area contributed by atoms with E-state index in [1.54, 1.807) is 36.3 Å². The van der Waals surface area contributed by atoms with Gasteiger partial charge >= 0.3 is 5.63 Å². The first kappa shape index (κ1) is 21.9. The molecule has 3 aromatic carbocycles. The highest BCUT2D eigenvalue weighted by molar-refractivity contribution is 5.95. The van der Waals surface area contributed by atoms with Crippen LogP contribution in [-0.4, -0.2) is 49.0 Å². The van der Waals surface area contributed by atoms with E-state index in [1.807, 2.05) is 12.1 Å². The van der Waals surface area contributed by atoms with Gasteiger partial charge in [0.25, 0.3) is 5.91 Å². The summed E-state index contributed by atoms with van der Waals surface area (Å²) in [4.78, 5) is 29.8. The predicted molar refractivity (Wildman–Crippen MR) is 131 cm³/mol. The standard InChI is InChI=1S/C28H26N2O4/c1-33-23-12-13-24-22(18-23)19-25(34-28(24)32)27(31)30-16-14-29(15-17-30)26(20-8-4-2-5-9-20)21-10-6-3-7-11-21/h2-13,18-19,26H,14-17H2,1H3. The van der Waals surface area contributed by atoms with Gasteiger partial charge in [-0.1, -0.05) is 60.7 Å². The lowest BCUT2D eigenvalue weighted by atomic mass is 9.96. The van der Waals surface area contributed by atoms with Crippen LogP contribution in [0, 0.1) is 0 Å². The Bertz CT molecular complexity index is 1300. The molecule has 0 radical (unpaired) electrons. The maximum Gasteiger partial charge on any atom is 0.344 e. The van der Waals surface area contributed by atoms with Crippen molar-refractivity contribution < 1.29 is 13.9 Å². The smallest absolute Gasteiger partial charge is 0.344 e. The summed E-state index contributed by atoms with van der Waals surface area (Å²) in [6.07, 6.45) is 0. The average Bonchev–Trinajstić information content (AvgIpc) is 2.89. The Balaban J connectivity index is 1.36. The van der Waals surface area contributed by atoms with E-state index in [1.165, 1.54) is 11.1 Å². The minimum absolute atomic E-state index is 0.0573. The third kappa shape index (κ3) is 4.32. The number of carbonyl (C=O) groups excluding carboxylic acids is 1. The van der Waals surface area contributed by atoms with Gasteiger partial charge in [0.15, 0.2) is 5.76 Å². The van der Waals surface area contributed by atoms with E-state index in [2.05, 4.69) is 53.4 Å². The molecule has 1 aliphatic rings. The molecule has 0 aliphatic carbocycles. The third-order valence-corrected chi connectivity index (χ3v) is 6.38. The Kier molecular flexibility index (Phi) is 6.14. The number of amides is 1. The molecule has 0 N–H and O–H groups in total. The maximum atomic E-state index is 13.2. The monoisotopic (exact) mass is 454 g/mol. The molecule has 0 bridgehead atoms. The fraction of sp³-hybridized carbons (Fsp3) is 0.214. The molecule has 0 spiro atoms. The van der Waals surface area contributed by atoms with Gasteiger partial charge in [0.05, 0.1) is 18.5 Å². The van der Waals surface area contributed by atoms with Gasteiger partial charge in [-0.25, -0.2) is 4.79 Å². The van der Waals surface area contributed by atoms with Crippen molar-refractivity contribution in [3.8, 4) is 5.75 Å². The molecule has 1 aromatic heterocycles. The van der Waals surface area contributed by atoms with Gasteiger partial charge in [-0.05, 0) is 40.8 Å². The average molecular weight is 455 g/mol. The normalized spacial score (nSPS) is 14.5. The Morgan fingerprint density at radius 1 is 0.853 bits per heavy atom. The van der Waals surface area contributed by atoms with Crippen LogP contribution in [0.3, 0.4) is 0 Å². The number of hydrogen-bond donors (Lipinski definition) is 0. The van der Waals surface area contributed by atoms with Crippen LogP contribution in [0.5, 0.6) is 5.75 Å². The van der Waals surface area contributed by atoms with Crippen molar-refractivity contribution in [2.75, 3.05) is 33.3 Å². The highest BCUT2D eigenvalue weighted by atomic mass is 16.5. The fourth-order valence-corrected chi connectivity index (χ4v) is 4.63. The predicted octanol–water partition coefficient (Wildman–Crippen LogP) is 4.35. The molecule has 5 rings (SSSR count). The van der Waals surface area contributed by atoms with E-state index in [9.17, 15) is 9.59 Å². The Hall–Kier alpha value is -3.90. The van der Waals surface area contributed by atoms with Crippen molar-refractivity contribution in [2.24, 2.45) is 0 Å². The summed E-state index contributed by atoms with van der Waals surface area (Å²) in [5.74, 6) is 0.414. The molecule has 6 heteroatoms. The van der Waals surface area contributed by atoms with Gasteiger partial charge < -0.3 is 14.1 Å². The maximum absolute atomic E-state index is 13.2. The summed E-state index contributed by atoms with van der Waals surface area (Å²) in [7, 11) is 1.57. The van der Waals surface area contributed by atoms with Gasteiger partial charge in [-0.15, -0.1) is 0 Å². The number of methoxy groups -OCH3 is 1. The van der Waals surface area contributed by atoms with Crippen LogP contribution in [-0.2, 0) is 0 Å². The first-order valence-corrected chi connectivity index (χ1v) is 11.4. The zero-order chi connectivity index (χ0) is 23.5. The highest BCUT2D eigenvalue weighted by Gasteiger charge is 2.29. The summed E-state index contributed by atoms with van der Waals surface area (Å²) in [6, 6.07) is 27.7. The second-order valence-electron chi connectivity index (χ2n) is 8.40. The summed E-state index contributed by atoms with van der Waals surface area (Å²) >= 11 is 0. The van der Waals surface area contributed by atoms with Gasteiger partial charge in [0, 0.05) is 26.2 Å². The molecule has 34 heavy (non-hydrogen) atoms. The van der Waals surface area contributed by atoms with Crippen molar-refractivity contribution in [3.63, 3.8) is 0 Å². The number of fused-ring (bicyclic) bond motifs is 1. The van der Waals surface area contributed by atoms with Crippen LogP contribution >= 0.6 is 0 Å². The first-order chi connectivity index (χ1) is 16.6. The van der Waals surface area contributed by atoms with Crippen molar-refractivity contribution in [1.29, 1.82) is 0 Å². The van der Waals surface area contributed by atoms with Gasteiger partial charge in [0.2, 0.25) is 0 Å². The van der Waals surface area contributed by atoms with Gasteiger partial charge in [0.1, 0.15) is 5.75 Å². The molecule has 0 saturated carbocycles. The minimum atomic E-state index is -0.518. The zero-order valence-corrected chi connectivity index (χ0v) is 19.0. The van der Waals surface area contributed by atoms with Crippen molar-refractivity contribution in [3.05, 3.63) is 112 Å². The summed E-state index contributed by atoms with van der Waals surface area (Å²) in [6.45, 7) is 2.53. The molecule has 0 atom stereocenters. The van der Waals surface area contributed by atoms with Crippen LogP contribution in [0.1, 0.15) is 27.7 Å². The quantitative estimate of drug-likeness (QED) is 0.449. The van der Waals surface area contributed by atoms with E-state index in [4.69, 9.17) is 9.15 Å². The highest BCUT2D eigenvalue weighted by Crippen LogP contribution is 2.29. The van der Waals surface area contributed by atoms with Crippen LogP contribution in [0.4, 0.5) is 0 Å². The lowest BCUT2D eigenvalue weighted by molar-refractivity contribution is 0.0564. The van der Waals surface area contributed by atoms with Crippen LogP contribution in [0.25, 0.3) is 10.8 Å². The number of carbonyl (C=O) groups is 1. The second-order valence-corrected chi connectivity index (χ2v) is 8.40. The second kappa shape index (κ2) is 9.53. The van der Waals surface area contributed by atoms with Gasteiger partial charge in [-0.3, -0.25) is 9.69 Å². The summed E-state index contributed by atoms with van der Waals surface area (Å²) in [5.41, 5.74) is 1.93. The molecule has 172 valence electrons. The van der Waals surface area contributed by atoms with Crippen molar-refractivity contribution in [2.45, 2.75) is 6.04 Å². The Morgan fingerprint density at radius 2 is 1.47 bits per heavy atom. The largest absolute Gasteiger partial charge is 0.497 e. The Labute approximate surface area is 198 Å². The van der Waals surface area contributed by atoms with Crippen molar-refractivity contribution >= 4 is 16.7 Å². The van der Waals surface area contributed by atoms with E-state index in [0.717, 1.165) is 0 Å². The lowest BCUT2D eigenvalue weighted by Crippen LogP contribution is -2.50. The van der Waals surface area contributed by atoms with Gasteiger partial charge in [-0.2, -0.15) is 0 Å². The molecule has 1 fully saturated rings. The molecule has 1 amide bonds. The molecule has 0 unspecified atom stereocenters. The molecule has 1 saturated heterocycles. The summed E-state index contributed by atoms with van der Waals surface area (Å²) < 4.78 is 10.6. The number of ether oxygens (including phenoxy) is 1. The molecular weight excluding hydrogens is 428 g/mol. The lowest BCUT2D eigenvalue weighted by Gasteiger charge is -2.39. The SMILES string of the molecule is COc1ccc2c(=O)oc(C(=O)N3CCN(C(c4ccccc4)c4ccccc4)CC3)cc2c1.